The normalized spacial score (nSPS) is 34.9. The predicted octanol–water partition coefficient (Wildman–Crippen LogP) is 1.72. The Morgan fingerprint density at radius 2 is 2.07 bits per heavy atom. The molecular formula is C12H24N2. The van der Waals surface area contributed by atoms with E-state index in [2.05, 4.69) is 31.0 Å². The molecule has 0 bridgehead atoms. The van der Waals surface area contributed by atoms with Gasteiger partial charge in [-0.25, -0.2) is 0 Å². The van der Waals surface area contributed by atoms with Gasteiger partial charge >= 0.3 is 0 Å². The number of nitrogens with one attached hydrogen (secondary N) is 1. The van der Waals surface area contributed by atoms with Gasteiger partial charge in [0.2, 0.25) is 0 Å². The first-order valence-corrected chi connectivity index (χ1v) is 6.03. The van der Waals surface area contributed by atoms with E-state index in [4.69, 9.17) is 0 Å². The van der Waals surface area contributed by atoms with E-state index in [1.54, 1.807) is 0 Å². The minimum atomic E-state index is 0.580. The van der Waals surface area contributed by atoms with Gasteiger partial charge in [0.15, 0.2) is 0 Å². The van der Waals surface area contributed by atoms with Gasteiger partial charge in [-0.15, -0.1) is 0 Å². The lowest BCUT2D eigenvalue weighted by Crippen LogP contribution is -2.59. The van der Waals surface area contributed by atoms with Gasteiger partial charge in [-0.2, -0.15) is 0 Å². The second-order valence-electron chi connectivity index (χ2n) is 5.92. The van der Waals surface area contributed by atoms with Gasteiger partial charge in [-0.3, -0.25) is 4.90 Å². The standard InChI is InChI=1S/C12H24N2/c1-10(11-5-4-6-13-7-11)14-8-12(2,3)9-14/h10-11,13H,4-9H2,1-3H3. The number of hydrogen-bond acceptors (Lipinski definition) is 2. The first kappa shape index (κ1) is 10.4. The molecule has 14 heavy (non-hydrogen) atoms. The second kappa shape index (κ2) is 3.82. The first-order valence-electron chi connectivity index (χ1n) is 6.03. The molecule has 0 amide bonds. The summed E-state index contributed by atoms with van der Waals surface area (Å²) in [5.74, 6) is 0.889. The summed E-state index contributed by atoms with van der Waals surface area (Å²) in [4.78, 5) is 2.65. The molecule has 82 valence electrons. The number of piperidine rings is 1. The molecule has 2 fully saturated rings. The number of rotatable bonds is 2. The van der Waals surface area contributed by atoms with Gasteiger partial charge in [0.1, 0.15) is 0 Å². The van der Waals surface area contributed by atoms with Crippen LogP contribution in [-0.2, 0) is 0 Å². The molecule has 2 atom stereocenters. The maximum atomic E-state index is 3.51. The van der Waals surface area contributed by atoms with E-state index in [9.17, 15) is 0 Å². The van der Waals surface area contributed by atoms with E-state index < -0.39 is 0 Å². The van der Waals surface area contributed by atoms with Crippen molar-refractivity contribution in [3.8, 4) is 0 Å². The second-order valence-corrected chi connectivity index (χ2v) is 5.92. The highest BCUT2D eigenvalue weighted by Gasteiger charge is 2.38. The molecule has 0 aliphatic carbocycles. The largest absolute Gasteiger partial charge is 0.316 e. The lowest BCUT2D eigenvalue weighted by molar-refractivity contribution is -0.0228. The fourth-order valence-corrected chi connectivity index (χ4v) is 2.93. The quantitative estimate of drug-likeness (QED) is 0.723. The third-order valence-electron chi connectivity index (χ3n) is 3.86. The zero-order valence-corrected chi connectivity index (χ0v) is 9.84. The van der Waals surface area contributed by atoms with E-state index in [-0.39, 0.29) is 0 Å². The molecule has 1 N–H and O–H groups in total. The summed E-state index contributed by atoms with van der Waals surface area (Å²) < 4.78 is 0. The highest BCUT2D eigenvalue weighted by Crippen LogP contribution is 2.33. The molecular weight excluding hydrogens is 172 g/mol. The summed E-state index contributed by atoms with van der Waals surface area (Å²) in [6.07, 6.45) is 2.79. The highest BCUT2D eigenvalue weighted by atomic mass is 15.2. The Kier molecular flexibility index (Phi) is 2.85. The SMILES string of the molecule is CC(C1CCCNC1)N1CC(C)(C)C1. The van der Waals surface area contributed by atoms with Crippen molar-refractivity contribution >= 4 is 0 Å². The zero-order chi connectivity index (χ0) is 10.2. The Balaban J connectivity index is 1.80. The van der Waals surface area contributed by atoms with Crippen LogP contribution in [-0.4, -0.2) is 37.1 Å². The fourth-order valence-electron chi connectivity index (χ4n) is 2.93. The van der Waals surface area contributed by atoms with Crippen molar-refractivity contribution in [2.45, 2.75) is 39.7 Å². The minimum absolute atomic E-state index is 0.580. The van der Waals surface area contributed by atoms with Crippen LogP contribution < -0.4 is 5.32 Å². The van der Waals surface area contributed by atoms with E-state index in [0.717, 1.165) is 12.0 Å². The lowest BCUT2D eigenvalue weighted by atomic mass is 9.80. The summed E-state index contributed by atoms with van der Waals surface area (Å²) in [6, 6.07) is 0.788. The zero-order valence-electron chi connectivity index (χ0n) is 9.84. The van der Waals surface area contributed by atoms with Crippen LogP contribution in [0.2, 0.25) is 0 Å². The van der Waals surface area contributed by atoms with Crippen molar-refractivity contribution in [2.24, 2.45) is 11.3 Å². The van der Waals surface area contributed by atoms with Gasteiger partial charge < -0.3 is 5.32 Å². The highest BCUT2D eigenvalue weighted by molar-refractivity contribution is 4.93. The summed E-state index contributed by atoms with van der Waals surface area (Å²) in [5, 5.41) is 3.51. The van der Waals surface area contributed by atoms with Gasteiger partial charge in [-0.05, 0) is 44.2 Å². The smallest absolute Gasteiger partial charge is 0.0108 e. The maximum Gasteiger partial charge on any atom is 0.0108 e. The number of hydrogen-bond donors (Lipinski definition) is 1. The van der Waals surface area contributed by atoms with Gasteiger partial charge in [0.05, 0.1) is 0 Å². The van der Waals surface area contributed by atoms with Crippen LogP contribution >= 0.6 is 0 Å². The van der Waals surface area contributed by atoms with Gasteiger partial charge in [-0.1, -0.05) is 13.8 Å². The third kappa shape index (κ3) is 2.12. The van der Waals surface area contributed by atoms with E-state index in [1.807, 2.05) is 0 Å². The maximum absolute atomic E-state index is 3.51. The first-order chi connectivity index (χ1) is 6.58. The van der Waals surface area contributed by atoms with Crippen molar-refractivity contribution in [1.29, 1.82) is 0 Å². The van der Waals surface area contributed by atoms with Crippen LogP contribution in [0.5, 0.6) is 0 Å². The average Bonchev–Trinajstić information content (AvgIpc) is 2.14. The van der Waals surface area contributed by atoms with Crippen molar-refractivity contribution in [3.05, 3.63) is 0 Å². The average molecular weight is 196 g/mol. The van der Waals surface area contributed by atoms with Crippen LogP contribution in [0.4, 0.5) is 0 Å². The third-order valence-corrected chi connectivity index (χ3v) is 3.86. The molecule has 0 aromatic carbocycles. The fraction of sp³-hybridized carbons (Fsp3) is 1.00. The molecule has 2 aliphatic rings. The van der Waals surface area contributed by atoms with Crippen molar-refractivity contribution in [2.75, 3.05) is 26.2 Å². The Morgan fingerprint density at radius 1 is 1.36 bits per heavy atom. The van der Waals surface area contributed by atoms with Crippen LogP contribution in [0.15, 0.2) is 0 Å². The van der Waals surface area contributed by atoms with Gasteiger partial charge in [0.25, 0.3) is 0 Å². The molecule has 2 heteroatoms. The Bertz CT molecular complexity index is 186. The summed E-state index contributed by atoms with van der Waals surface area (Å²) in [6.45, 7) is 12.2. The molecule has 0 aromatic rings. The van der Waals surface area contributed by atoms with Crippen molar-refractivity contribution in [3.63, 3.8) is 0 Å². The Morgan fingerprint density at radius 3 is 2.57 bits per heavy atom. The molecule has 0 aromatic heterocycles. The monoisotopic (exact) mass is 196 g/mol. The van der Waals surface area contributed by atoms with E-state index in [1.165, 1.54) is 39.0 Å². The summed E-state index contributed by atoms with van der Waals surface area (Å²) >= 11 is 0. The topological polar surface area (TPSA) is 15.3 Å². The number of nitrogens with zero attached hydrogens (tertiary/aromatic N) is 1. The molecule has 2 saturated heterocycles. The molecule has 2 heterocycles. The van der Waals surface area contributed by atoms with Crippen LogP contribution in [0.25, 0.3) is 0 Å². The predicted molar refractivity (Wildman–Crippen MR) is 60.4 cm³/mol. The molecule has 0 saturated carbocycles. The lowest BCUT2D eigenvalue weighted by Gasteiger charge is -2.51. The van der Waals surface area contributed by atoms with Crippen LogP contribution in [0.1, 0.15) is 33.6 Å². The molecule has 2 aliphatic heterocycles. The molecule has 2 rings (SSSR count). The van der Waals surface area contributed by atoms with E-state index >= 15 is 0 Å². The van der Waals surface area contributed by atoms with Crippen LogP contribution in [0.3, 0.4) is 0 Å². The molecule has 2 unspecified atom stereocenters. The van der Waals surface area contributed by atoms with E-state index in [0.29, 0.717) is 5.41 Å². The number of likely N-dealkylation sites (tertiary alicyclic amines) is 1. The summed E-state index contributed by atoms with van der Waals surface area (Å²) in [7, 11) is 0. The minimum Gasteiger partial charge on any atom is -0.316 e. The molecule has 2 nitrogen and oxygen atoms in total. The molecule has 0 radical (unpaired) electrons. The van der Waals surface area contributed by atoms with Crippen molar-refractivity contribution in [1.82, 2.24) is 10.2 Å². The van der Waals surface area contributed by atoms with Crippen molar-refractivity contribution < 1.29 is 0 Å². The molecule has 0 spiro atoms. The Hall–Kier alpha value is -0.0800. The van der Waals surface area contributed by atoms with Gasteiger partial charge in [0, 0.05) is 19.1 Å². The van der Waals surface area contributed by atoms with Crippen LogP contribution in [0, 0.1) is 11.3 Å². The Labute approximate surface area is 88.1 Å². The summed E-state index contributed by atoms with van der Waals surface area (Å²) in [5.41, 5.74) is 0.580.